The first-order valence-electron chi connectivity index (χ1n) is 8.60. The van der Waals surface area contributed by atoms with Crippen LogP contribution < -0.4 is 4.74 Å². The number of non-ortho nitro benzene ring substituents is 1. The van der Waals surface area contributed by atoms with Crippen molar-refractivity contribution >= 4 is 60.8 Å². The highest BCUT2D eigenvalue weighted by Crippen LogP contribution is 2.36. The van der Waals surface area contributed by atoms with Gasteiger partial charge in [0, 0.05) is 17.2 Å². The fourth-order valence-electron chi connectivity index (χ4n) is 2.67. The van der Waals surface area contributed by atoms with E-state index in [0.29, 0.717) is 37.5 Å². The normalized spacial score (nSPS) is 11.1. The monoisotopic (exact) mass is 546 g/mol. The molecule has 3 aromatic rings. The highest BCUT2D eigenvalue weighted by Gasteiger charge is 2.12. The molecule has 8 heteroatoms. The molecule has 0 bridgehead atoms. The van der Waals surface area contributed by atoms with Crippen molar-refractivity contribution < 1.29 is 9.66 Å². The highest BCUT2D eigenvalue weighted by molar-refractivity contribution is 9.11. The first-order chi connectivity index (χ1) is 14.4. The number of rotatable bonds is 6. The van der Waals surface area contributed by atoms with Crippen molar-refractivity contribution in [1.82, 2.24) is 0 Å². The number of halogens is 3. The Morgan fingerprint density at radius 2 is 1.80 bits per heavy atom. The van der Waals surface area contributed by atoms with Gasteiger partial charge in [0.25, 0.3) is 5.69 Å². The molecule has 3 rings (SSSR count). The van der Waals surface area contributed by atoms with Crippen LogP contribution in [0.1, 0.15) is 16.7 Å². The van der Waals surface area contributed by atoms with Crippen LogP contribution in [0.2, 0.25) is 5.02 Å². The number of hydrogen-bond acceptors (Lipinski definition) is 4. The molecule has 0 aromatic heterocycles. The van der Waals surface area contributed by atoms with Gasteiger partial charge in [-0.25, -0.2) is 0 Å². The molecular formula is C22H13Br2ClN2O3. The van der Waals surface area contributed by atoms with E-state index in [1.165, 1.54) is 12.1 Å². The molecule has 0 heterocycles. The summed E-state index contributed by atoms with van der Waals surface area (Å²) in [6.45, 7) is 0.362. The Balaban J connectivity index is 1.86. The van der Waals surface area contributed by atoms with E-state index >= 15 is 0 Å². The molecular weight excluding hydrogens is 536 g/mol. The van der Waals surface area contributed by atoms with Gasteiger partial charge in [0.2, 0.25) is 0 Å². The third-order valence-electron chi connectivity index (χ3n) is 4.12. The molecule has 150 valence electrons. The van der Waals surface area contributed by atoms with Crippen molar-refractivity contribution in [2.24, 2.45) is 0 Å². The molecule has 0 unspecified atom stereocenters. The summed E-state index contributed by atoms with van der Waals surface area (Å²) in [5.41, 5.74) is 2.42. The van der Waals surface area contributed by atoms with Crippen molar-refractivity contribution in [2.45, 2.75) is 6.61 Å². The Labute approximate surface area is 195 Å². The van der Waals surface area contributed by atoms with E-state index in [-0.39, 0.29) is 5.69 Å². The average molecular weight is 549 g/mol. The number of allylic oxidation sites excluding steroid dienone is 1. The second kappa shape index (κ2) is 9.90. The van der Waals surface area contributed by atoms with Crippen molar-refractivity contribution in [1.29, 1.82) is 5.26 Å². The number of ether oxygens (including phenoxy) is 1. The fourth-order valence-corrected chi connectivity index (χ4v) is 4.25. The molecule has 3 aromatic carbocycles. The molecule has 0 saturated heterocycles. The van der Waals surface area contributed by atoms with Gasteiger partial charge in [-0.15, -0.1) is 0 Å². The summed E-state index contributed by atoms with van der Waals surface area (Å²) in [5, 5.41) is 21.2. The maximum absolute atomic E-state index is 11.0. The van der Waals surface area contributed by atoms with Crippen LogP contribution in [0.5, 0.6) is 5.75 Å². The van der Waals surface area contributed by atoms with Crippen molar-refractivity contribution in [2.75, 3.05) is 0 Å². The van der Waals surface area contributed by atoms with E-state index in [0.717, 1.165) is 11.1 Å². The molecule has 0 N–H and O–H groups in total. The summed E-state index contributed by atoms with van der Waals surface area (Å²) < 4.78 is 7.31. The Hall–Kier alpha value is -2.66. The molecule has 0 aliphatic heterocycles. The van der Waals surface area contributed by atoms with Crippen molar-refractivity contribution in [3.63, 3.8) is 0 Å². The predicted octanol–water partition coefficient (Wildman–Crippen LogP) is 7.42. The van der Waals surface area contributed by atoms with Crippen molar-refractivity contribution in [3.8, 4) is 11.8 Å². The largest absolute Gasteiger partial charge is 0.487 e. The van der Waals surface area contributed by atoms with E-state index in [4.69, 9.17) is 16.3 Å². The van der Waals surface area contributed by atoms with Crippen LogP contribution in [0.4, 0.5) is 5.69 Å². The lowest BCUT2D eigenvalue weighted by molar-refractivity contribution is -0.384. The first-order valence-corrected chi connectivity index (χ1v) is 10.6. The van der Waals surface area contributed by atoms with E-state index in [9.17, 15) is 15.4 Å². The van der Waals surface area contributed by atoms with Crippen LogP contribution in [0, 0.1) is 21.4 Å². The number of nitro benzene ring substituents is 1. The zero-order valence-corrected chi connectivity index (χ0v) is 19.2. The van der Waals surface area contributed by atoms with Crippen molar-refractivity contribution in [3.05, 3.63) is 101 Å². The molecule has 5 nitrogen and oxygen atoms in total. The summed E-state index contributed by atoms with van der Waals surface area (Å²) in [5.74, 6) is 0.621. The smallest absolute Gasteiger partial charge is 0.270 e. The Bertz CT molecular complexity index is 1150. The zero-order valence-electron chi connectivity index (χ0n) is 15.3. The number of nitro groups is 1. The minimum atomic E-state index is -0.488. The van der Waals surface area contributed by atoms with Crippen LogP contribution in [0.15, 0.2) is 69.6 Å². The molecule has 0 amide bonds. The average Bonchev–Trinajstić information content (AvgIpc) is 2.72. The van der Waals surface area contributed by atoms with Gasteiger partial charge in [0.15, 0.2) is 0 Å². The summed E-state index contributed by atoms with van der Waals surface area (Å²) in [6, 6.07) is 19.1. The number of hydrogen-bond donors (Lipinski definition) is 0. The zero-order chi connectivity index (χ0) is 21.7. The summed E-state index contributed by atoms with van der Waals surface area (Å²) in [6.07, 6.45) is 1.66. The van der Waals surface area contributed by atoms with E-state index in [1.807, 2.05) is 24.3 Å². The van der Waals surface area contributed by atoms with Crippen LogP contribution in [0.25, 0.3) is 11.6 Å². The van der Waals surface area contributed by atoms with E-state index in [1.54, 1.807) is 30.3 Å². The third kappa shape index (κ3) is 5.48. The summed E-state index contributed by atoms with van der Waals surface area (Å²) in [7, 11) is 0. The molecule has 30 heavy (non-hydrogen) atoms. The second-order valence-electron chi connectivity index (χ2n) is 6.21. The lowest BCUT2D eigenvalue weighted by atomic mass is 10.0. The first kappa shape index (κ1) is 22.0. The standard InChI is InChI=1S/C22H13Br2ClN2O3/c23-20-9-15(8-17(12-26)16-2-1-3-19(11-16)27(28)29)10-21(24)22(20)30-13-14-4-6-18(25)7-5-14/h1-11H,13H2/b17-8-. The molecule has 0 radical (unpaired) electrons. The third-order valence-corrected chi connectivity index (χ3v) is 5.55. The second-order valence-corrected chi connectivity index (χ2v) is 8.35. The molecule has 0 spiro atoms. The Kier molecular flexibility index (Phi) is 7.27. The Morgan fingerprint density at radius 3 is 2.40 bits per heavy atom. The van der Waals surface area contributed by atoms with Crippen LogP contribution >= 0.6 is 43.5 Å². The van der Waals surface area contributed by atoms with Gasteiger partial charge in [-0.3, -0.25) is 10.1 Å². The maximum atomic E-state index is 11.0. The lowest BCUT2D eigenvalue weighted by Crippen LogP contribution is -1.97. The van der Waals surface area contributed by atoms with Gasteiger partial charge in [0.05, 0.1) is 25.5 Å². The number of nitrogens with zero attached hydrogens (tertiary/aromatic N) is 2. The van der Waals surface area contributed by atoms with Gasteiger partial charge in [0.1, 0.15) is 12.4 Å². The van der Waals surface area contributed by atoms with Crippen LogP contribution in [-0.4, -0.2) is 4.92 Å². The van der Waals surface area contributed by atoms with Gasteiger partial charge in [-0.1, -0.05) is 35.9 Å². The van der Waals surface area contributed by atoms with Gasteiger partial charge >= 0.3 is 0 Å². The summed E-state index contributed by atoms with van der Waals surface area (Å²) in [4.78, 5) is 10.5. The summed E-state index contributed by atoms with van der Waals surface area (Å²) >= 11 is 12.9. The lowest BCUT2D eigenvalue weighted by Gasteiger charge is -2.12. The molecule has 0 aliphatic carbocycles. The molecule has 0 saturated carbocycles. The van der Waals surface area contributed by atoms with Crippen LogP contribution in [-0.2, 0) is 6.61 Å². The molecule has 0 fully saturated rings. The SMILES string of the molecule is N#C/C(=C/c1cc(Br)c(OCc2ccc(Cl)cc2)c(Br)c1)c1cccc([N+](=O)[O-])c1. The van der Waals surface area contributed by atoms with E-state index < -0.39 is 4.92 Å². The van der Waals surface area contributed by atoms with Crippen LogP contribution in [0.3, 0.4) is 0 Å². The topological polar surface area (TPSA) is 76.2 Å². The molecule has 0 atom stereocenters. The van der Waals surface area contributed by atoms with Gasteiger partial charge in [-0.05, 0) is 78.9 Å². The Morgan fingerprint density at radius 1 is 1.13 bits per heavy atom. The minimum Gasteiger partial charge on any atom is -0.487 e. The predicted molar refractivity (Wildman–Crippen MR) is 124 cm³/mol. The number of benzene rings is 3. The number of nitriles is 1. The van der Waals surface area contributed by atoms with Gasteiger partial charge in [-0.2, -0.15) is 5.26 Å². The van der Waals surface area contributed by atoms with E-state index in [2.05, 4.69) is 37.9 Å². The minimum absolute atomic E-state index is 0.0676. The maximum Gasteiger partial charge on any atom is 0.270 e. The molecule has 0 aliphatic rings. The quantitative estimate of drug-likeness (QED) is 0.139. The highest BCUT2D eigenvalue weighted by atomic mass is 79.9. The van der Waals surface area contributed by atoms with Gasteiger partial charge < -0.3 is 4.74 Å². The fraction of sp³-hybridized carbons (Fsp3) is 0.0455.